The van der Waals surface area contributed by atoms with Crippen LogP contribution in [-0.2, 0) is 6.42 Å². The van der Waals surface area contributed by atoms with Gasteiger partial charge in [0.05, 0.1) is 5.60 Å². The summed E-state index contributed by atoms with van der Waals surface area (Å²) < 4.78 is 0. The molecule has 1 rings (SSSR count). The molecule has 0 heterocycles. The Balaban J connectivity index is 2.40. The molecule has 0 unspecified atom stereocenters. The fraction of sp³-hybridized carbons (Fsp3) is 0.571. The van der Waals surface area contributed by atoms with Crippen molar-refractivity contribution in [3.63, 3.8) is 0 Å². The molecule has 2 nitrogen and oxygen atoms in total. The van der Waals surface area contributed by atoms with Crippen LogP contribution in [0.5, 0.6) is 0 Å². The Bertz CT molecular complexity index is 289. The first kappa shape index (κ1) is 13.2. The maximum Gasteiger partial charge on any atom is 0.0718 e. The second kappa shape index (κ2) is 6.02. The van der Waals surface area contributed by atoms with E-state index in [1.807, 2.05) is 19.9 Å². The van der Waals surface area contributed by atoms with Crippen LogP contribution < -0.4 is 0 Å². The quantitative estimate of drug-likeness (QED) is 0.797. The van der Waals surface area contributed by atoms with E-state index in [2.05, 4.69) is 36.1 Å². The summed E-state index contributed by atoms with van der Waals surface area (Å²) in [7, 11) is 0. The SMILES string of the molecule is CCN(CCc1ccccc1)CC(C)(C)O. The van der Waals surface area contributed by atoms with Gasteiger partial charge in [-0.1, -0.05) is 37.3 Å². The van der Waals surface area contributed by atoms with Gasteiger partial charge in [-0.2, -0.15) is 0 Å². The zero-order valence-electron chi connectivity index (χ0n) is 10.6. The third-order valence-electron chi connectivity index (χ3n) is 2.62. The van der Waals surface area contributed by atoms with Crippen LogP contribution in [0.1, 0.15) is 26.3 Å². The number of aliphatic hydroxyl groups is 1. The van der Waals surface area contributed by atoms with Gasteiger partial charge < -0.3 is 10.0 Å². The van der Waals surface area contributed by atoms with Gasteiger partial charge in [0, 0.05) is 13.1 Å². The van der Waals surface area contributed by atoms with E-state index < -0.39 is 5.60 Å². The lowest BCUT2D eigenvalue weighted by atomic mass is 10.1. The average molecular weight is 221 g/mol. The Kier molecular flexibility index (Phi) is 4.97. The molecule has 0 amide bonds. The average Bonchev–Trinajstić information content (AvgIpc) is 2.24. The summed E-state index contributed by atoms with van der Waals surface area (Å²) in [5, 5.41) is 9.77. The lowest BCUT2D eigenvalue weighted by molar-refractivity contribution is 0.0382. The highest BCUT2D eigenvalue weighted by Gasteiger charge is 2.16. The lowest BCUT2D eigenvalue weighted by Gasteiger charge is -2.27. The molecule has 0 aliphatic heterocycles. The standard InChI is InChI=1S/C14H23NO/c1-4-15(12-14(2,3)16)11-10-13-8-6-5-7-9-13/h5-9,16H,4,10-12H2,1-3H3. The molecule has 0 spiro atoms. The van der Waals surface area contributed by atoms with Crippen molar-refractivity contribution in [2.75, 3.05) is 19.6 Å². The van der Waals surface area contributed by atoms with Crippen molar-refractivity contribution in [1.82, 2.24) is 4.90 Å². The third kappa shape index (κ3) is 5.29. The summed E-state index contributed by atoms with van der Waals surface area (Å²) in [6.07, 6.45) is 1.05. The first-order valence-corrected chi connectivity index (χ1v) is 6.00. The Morgan fingerprint density at radius 1 is 1.19 bits per heavy atom. The Labute approximate surface area is 98.9 Å². The van der Waals surface area contributed by atoms with Crippen LogP contribution in [0, 0.1) is 0 Å². The summed E-state index contributed by atoms with van der Waals surface area (Å²) >= 11 is 0. The molecule has 0 aliphatic rings. The van der Waals surface area contributed by atoms with Crippen molar-refractivity contribution in [3.8, 4) is 0 Å². The van der Waals surface area contributed by atoms with E-state index in [4.69, 9.17) is 0 Å². The topological polar surface area (TPSA) is 23.5 Å². The molecule has 0 aromatic heterocycles. The second-order valence-corrected chi connectivity index (χ2v) is 4.92. The van der Waals surface area contributed by atoms with Crippen LogP contribution >= 0.6 is 0 Å². The van der Waals surface area contributed by atoms with Crippen molar-refractivity contribution in [3.05, 3.63) is 35.9 Å². The molecule has 2 heteroatoms. The minimum Gasteiger partial charge on any atom is -0.389 e. The van der Waals surface area contributed by atoms with Crippen molar-refractivity contribution in [1.29, 1.82) is 0 Å². The maximum absolute atomic E-state index is 9.77. The summed E-state index contributed by atoms with van der Waals surface area (Å²) in [6.45, 7) is 8.57. The highest BCUT2D eigenvalue weighted by Crippen LogP contribution is 2.06. The molecule has 16 heavy (non-hydrogen) atoms. The molecule has 0 bridgehead atoms. The van der Waals surface area contributed by atoms with Crippen molar-refractivity contribution < 1.29 is 5.11 Å². The number of hydrogen-bond donors (Lipinski definition) is 1. The summed E-state index contributed by atoms with van der Waals surface area (Å²) in [6, 6.07) is 10.5. The molecule has 0 fully saturated rings. The molecule has 90 valence electrons. The largest absolute Gasteiger partial charge is 0.389 e. The summed E-state index contributed by atoms with van der Waals surface area (Å²) in [5.41, 5.74) is 0.754. The molecule has 0 saturated heterocycles. The van der Waals surface area contributed by atoms with E-state index >= 15 is 0 Å². The molecule has 1 N–H and O–H groups in total. The van der Waals surface area contributed by atoms with Gasteiger partial charge in [-0.05, 0) is 32.4 Å². The summed E-state index contributed by atoms with van der Waals surface area (Å²) in [5.74, 6) is 0. The van der Waals surface area contributed by atoms with Crippen LogP contribution in [0.25, 0.3) is 0 Å². The molecule has 0 saturated carbocycles. The Morgan fingerprint density at radius 2 is 1.81 bits per heavy atom. The van der Waals surface area contributed by atoms with E-state index in [0.717, 1.165) is 26.1 Å². The van der Waals surface area contributed by atoms with Gasteiger partial charge in [0.25, 0.3) is 0 Å². The van der Waals surface area contributed by atoms with Gasteiger partial charge in [-0.25, -0.2) is 0 Å². The van der Waals surface area contributed by atoms with E-state index in [0.29, 0.717) is 0 Å². The lowest BCUT2D eigenvalue weighted by Crippen LogP contribution is -2.39. The maximum atomic E-state index is 9.77. The first-order chi connectivity index (χ1) is 7.51. The van der Waals surface area contributed by atoms with Gasteiger partial charge >= 0.3 is 0 Å². The minimum absolute atomic E-state index is 0.604. The minimum atomic E-state index is -0.604. The van der Waals surface area contributed by atoms with Crippen LogP contribution in [0.2, 0.25) is 0 Å². The second-order valence-electron chi connectivity index (χ2n) is 4.92. The number of nitrogens with zero attached hydrogens (tertiary/aromatic N) is 1. The molecular weight excluding hydrogens is 198 g/mol. The van der Waals surface area contributed by atoms with Crippen molar-refractivity contribution >= 4 is 0 Å². The zero-order valence-corrected chi connectivity index (χ0v) is 10.6. The number of benzene rings is 1. The normalized spacial score (nSPS) is 12.1. The van der Waals surface area contributed by atoms with Crippen LogP contribution in [0.4, 0.5) is 0 Å². The van der Waals surface area contributed by atoms with Crippen molar-refractivity contribution in [2.24, 2.45) is 0 Å². The van der Waals surface area contributed by atoms with E-state index in [9.17, 15) is 5.11 Å². The predicted molar refractivity (Wildman–Crippen MR) is 68.6 cm³/mol. The smallest absolute Gasteiger partial charge is 0.0718 e. The van der Waals surface area contributed by atoms with Crippen molar-refractivity contribution in [2.45, 2.75) is 32.8 Å². The Hall–Kier alpha value is -0.860. The van der Waals surface area contributed by atoms with Gasteiger partial charge in [-0.3, -0.25) is 0 Å². The number of rotatable bonds is 6. The van der Waals surface area contributed by atoms with Crippen LogP contribution in [0.3, 0.4) is 0 Å². The first-order valence-electron chi connectivity index (χ1n) is 6.00. The highest BCUT2D eigenvalue weighted by molar-refractivity contribution is 5.14. The van der Waals surface area contributed by atoms with E-state index in [1.165, 1.54) is 5.56 Å². The predicted octanol–water partition coefficient (Wildman–Crippen LogP) is 2.32. The molecule has 0 atom stereocenters. The zero-order chi connectivity index (χ0) is 12.0. The van der Waals surface area contributed by atoms with Gasteiger partial charge in [0.15, 0.2) is 0 Å². The summed E-state index contributed by atoms with van der Waals surface area (Å²) in [4.78, 5) is 2.28. The fourth-order valence-electron chi connectivity index (χ4n) is 1.83. The molecule has 1 aromatic carbocycles. The van der Waals surface area contributed by atoms with Crippen LogP contribution in [-0.4, -0.2) is 35.2 Å². The van der Waals surface area contributed by atoms with Gasteiger partial charge in [-0.15, -0.1) is 0 Å². The molecule has 0 aliphatic carbocycles. The van der Waals surface area contributed by atoms with Gasteiger partial charge in [0.2, 0.25) is 0 Å². The van der Waals surface area contributed by atoms with Crippen LogP contribution in [0.15, 0.2) is 30.3 Å². The number of hydrogen-bond acceptors (Lipinski definition) is 2. The monoisotopic (exact) mass is 221 g/mol. The highest BCUT2D eigenvalue weighted by atomic mass is 16.3. The van der Waals surface area contributed by atoms with E-state index in [1.54, 1.807) is 0 Å². The van der Waals surface area contributed by atoms with Gasteiger partial charge in [0.1, 0.15) is 0 Å². The molecule has 1 aromatic rings. The van der Waals surface area contributed by atoms with E-state index in [-0.39, 0.29) is 0 Å². The Morgan fingerprint density at radius 3 is 2.31 bits per heavy atom. The molecule has 0 radical (unpaired) electrons. The fourth-order valence-corrected chi connectivity index (χ4v) is 1.83. The molecular formula is C14H23NO. The number of likely N-dealkylation sites (N-methyl/N-ethyl adjacent to an activating group) is 1. The third-order valence-corrected chi connectivity index (χ3v) is 2.62.